The number of thioether (sulfide) groups is 2. The lowest BCUT2D eigenvalue weighted by Crippen LogP contribution is -2.38. The summed E-state index contributed by atoms with van der Waals surface area (Å²) >= 11 is 3.32. The number of rotatable bonds is 9. The minimum absolute atomic E-state index is 0. The molecule has 0 aliphatic carbocycles. The van der Waals surface area contributed by atoms with Crippen LogP contribution in [0.5, 0.6) is 0 Å². The Hall–Kier alpha value is -0.810. The van der Waals surface area contributed by atoms with Gasteiger partial charge in [-0.15, -0.1) is 0 Å². The van der Waals surface area contributed by atoms with Crippen LogP contribution in [0.3, 0.4) is 0 Å². The lowest BCUT2D eigenvalue weighted by atomic mass is 10.2. The topological polar surface area (TPSA) is 150 Å². The van der Waals surface area contributed by atoms with Crippen molar-refractivity contribution in [3.8, 4) is 0 Å². The summed E-state index contributed by atoms with van der Waals surface area (Å²) in [6.45, 7) is 7.36. The molecule has 0 aromatic heterocycles. The Morgan fingerprint density at radius 3 is 2.00 bits per heavy atom. The second kappa shape index (κ2) is 22.9. The molecule has 184 valence electrons. The largest absolute Gasteiger partial charge is 0.412 e. The number of Topliss-reactive ketones (excluding diaryl/α,β-unsaturated/α-hetero) is 1. The number of hydrogen-bond donors (Lipinski definition) is 3. The number of primary amides is 1. The molecule has 1 saturated heterocycles. The van der Waals surface area contributed by atoms with E-state index in [9.17, 15) is 14.4 Å². The van der Waals surface area contributed by atoms with Crippen LogP contribution in [0, 0.1) is 0 Å². The molecule has 30 heavy (non-hydrogen) atoms. The van der Waals surface area contributed by atoms with Crippen LogP contribution in [0.25, 0.3) is 0 Å². The van der Waals surface area contributed by atoms with Crippen molar-refractivity contribution in [2.45, 2.75) is 86.2 Å². The monoisotopic (exact) mass is 474 g/mol. The summed E-state index contributed by atoms with van der Waals surface area (Å²) in [5, 5.41) is 11.6. The molecular weight excluding hydrogens is 428 g/mol. The summed E-state index contributed by atoms with van der Waals surface area (Å²) in [7, 11) is 0. The highest BCUT2D eigenvalue weighted by Crippen LogP contribution is 2.23. The molecule has 1 heterocycles. The summed E-state index contributed by atoms with van der Waals surface area (Å²) in [6.07, 6.45) is 5.49. The second-order valence-corrected chi connectivity index (χ2v) is 8.19. The molecule has 0 spiro atoms. The van der Waals surface area contributed by atoms with Crippen molar-refractivity contribution in [2.75, 3.05) is 24.0 Å². The lowest BCUT2D eigenvalue weighted by Gasteiger charge is -2.21. The molecule has 0 aromatic rings. The zero-order valence-electron chi connectivity index (χ0n) is 17.9. The van der Waals surface area contributed by atoms with Crippen LogP contribution in [-0.2, 0) is 19.1 Å². The number of carbonyl (C=O) groups excluding carboxylic acids is 3. The molecular formula is C20H46N2O6S2. The van der Waals surface area contributed by atoms with Crippen molar-refractivity contribution in [3.05, 3.63) is 0 Å². The highest BCUT2D eigenvalue weighted by molar-refractivity contribution is 7.98. The summed E-state index contributed by atoms with van der Waals surface area (Å²) in [6, 6.07) is 0. The number of ether oxygens (including phenoxy) is 1. The minimum Gasteiger partial charge on any atom is -0.412 e. The van der Waals surface area contributed by atoms with Gasteiger partial charge in [0.25, 0.3) is 5.91 Å². The van der Waals surface area contributed by atoms with Gasteiger partial charge in [-0.1, -0.05) is 28.7 Å². The Morgan fingerprint density at radius 1 is 1.23 bits per heavy atom. The normalized spacial score (nSPS) is 19.7. The zero-order chi connectivity index (χ0) is 21.5. The van der Waals surface area contributed by atoms with Crippen LogP contribution in [-0.4, -0.2) is 70.1 Å². The number of ketones is 1. The third-order valence-corrected chi connectivity index (χ3v) is 5.05. The summed E-state index contributed by atoms with van der Waals surface area (Å²) in [5.74, 6) is 1.40. The fraction of sp³-hybridized carbons (Fsp3) is 0.850. The van der Waals surface area contributed by atoms with Gasteiger partial charge in [0.15, 0.2) is 0 Å². The number of hydrogen-bond acceptors (Lipinski definition) is 7. The molecule has 2 amide bonds. The number of aliphatic hydroxyl groups is 1. The van der Waals surface area contributed by atoms with E-state index < -0.39 is 17.7 Å². The van der Waals surface area contributed by atoms with E-state index in [0.29, 0.717) is 12.8 Å². The first-order chi connectivity index (χ1) is 12.6. The molecule has 1 fully saturated rings. The van der Waals surface area contributed by atoms with Crippen LogP contribution in [0.1, 0.15) is 68.2 Å². The number of nitrogens with one attached hydrogen (secondary N) is 1. The van der Waals surface area contributed by atoms with Gasteiger partial charge >= 0.3 is 0 Å². The van der Waals surface area contributed by atoms with Gasteiger partial charge in [-0.3, -0.25) is 9.59 Å². The van der Waals surface area contributed by atoms with E-state index in [2.05, 4.69) is 5.32 Å². The third-order valence-electron chi connectivity index (χ3n) is 3.76. The van der Waals surface area contributed by atoms with Gasteiger partial charge in [0.1, 0.15) is 23.7 Å². The maximum atomic E-state index is 11.4. The molecule has 0 bridgehead atoms. The van der Waals surface area contributed by atoms with Crippen LogP contribution >= 0.6 is 23.5 Å². The second-order valence-electron chi connectivity index (χ2n) is 6.22. The predicted octanol–water partition coefficient (Wildman–Crippen LogP) is 2.40. The molecule has 0 radical (unpaired) electrons. The quantitative estimate of drug-likeness (QED) is 0.464. The van der Waals surface area contributed by atoms with Gasteiger partial charge in [0.2, 0.25) is 5.91 Å². The van der Waals surface area contributed by atoms with Crippen LogP contribution < -0.4 is 11.1 Å². The van der Waals surface area contributed by atoms with Crippen molar-refractivity contribution in [2.24, 2.45) is 5.73 Å². The molecule has 1 aliphatic rings. The Kier molecular flexibility index (Phi) is 30.2. The Morgan fingerprint density at radius 2 is 1.70 bits per heavy atom. The van der Waals surface area contributed by atoms with Gasteiger partial charge in [0, 0.05) is 6.42 Å². The molecule has 1 rings (SSSR count). The minimum atomic E-state index is -0.961. The van der Waals surface area contributed by atoms with Gasteiger partial charge in [-0.25, -0.2) is 0 Å². The molecule has 0 aromatic carbocycles. The van der Waals surface area contributed by atoms with Gasteiger partial charge in [0.05, 0.1) is 0 Å². The van der Waals surface area contributed by atoms with Crippen molar-refractivity contribution < 1.29 is 29.7 Å². The Bertz CT molecular complexity index is 455. The Labute approximate surface area is 192 Å². The van der Waals surface area contributed by atoms with Crippen LogP contribution in [0.15, 0.2) is 0 Å². The van der Waals surface area contributed by atoms with Crippen LogP contribution in [0.2, 0.25) is 0 Å². The molecule has 3 unspecified atom stereocenters. The average molecular weight is 475 g/mol. The van der Waals surface area contributed by atoms with Crippen LogP contribution in [0.4, 0.5) is 0 Å². The first-order valence-corrected chi connectivity index (χ1v) is 11.8. The first kappa shape index (κ1) is 39.6. The van der Waals surface area contributed by atoms with E-state index in [4.69, 9.17) is 15.6 Å². The maximum Gasteiger partial charge on any atom is 0.251 e. The van der Waals surface area contributed by atoms with E-state index in [0.717, 1.165) is 24.3 Å². The molecule has 10 heteroatoms. The fourth-order valence-corrected chi connectivity index (χ4v) is 2.61. The summed E-state index contributed by atoms with van der Waals surface area (Å²) in [4.78, 5) is 31.4. The predicted molar refractivity (Wildman–Crippen MR) is 131 cm³/mol. The number of nitrogens with two attached hydrogens (primary N) is 1. The summed E-state index contributed by atoms with van der Waals surface area (Å²) < 4.78 is 5.64. The van der Waals surface area contributed by atoms with E-state index in [-0.39, 0.29) is 38.1 Å². The molecule has 3 atom stereocenters. The summed E-state index contributed by atoms with van der Waals surface area (Å²) in [5.41, 5.74) is 4.35. The van der Waals surface area contributed by atoms with E-state index >= 15 is 0 Å². The van der Waals surface area contributed by atoms with Crippen molar-refractivity contribution in [3.63, 3.8) is 0 Å². The van der Waals surface area contributed by atoms with E-state index in [1.54, 1.807) is 30.4 Å². The molecule has 0 saturated carbocycles. The van der Waals surface area contributed by atoms with E-state index in [1.807, 2.05) is 33.3 Å². The van der Waals surface area contributed by atoms with E-state index in [1.165, 1.54) is 0 Å². The fourth-order valence-electron chi connectivity index (χ4n) is 1.70. The SMILES string of the molecule is C.C.CCC(C)=O.CCC1(C)NC(=O)C(CCSC)O1.CSCCC(O)C(N)=O.O. The molecule has 1 aliphatic heterocycles. The Balaban J connectivity index is -0.000000109. The number of carbonyl (C=O) groups is 3. The van der Waals surface area contributed by atoms with Gasteiger partial charge in [-0.05, 0) is 57.1 Å². The number of amides is 2. The average Bonchev–Trinajstić information content (AvgIpc) is 2.93. The van der Waals surface area contributed by atoms with Crippen molar-refractivity contribution in [1.29, 1.82) is 0 Å². The highest BCUT2D eigenvalue weighted by Gasteiger charge is 2.39. The maximum absolute atomic E-state index is 11.4. The molecule has 6 N–H and O–H groups in total. The van der Waals surface area contributed by atoms with Gasteiger partial charge in [-0.2, -0.15) is 23.5 Å². The highest BCUT2D eigenvalue weighted by atomic mass is 32.2. The standard InChI is InChI=1S/C9H17NO2S.C5H11NO2S.C4H8O.2CH4.H2O/c1-4-9(2)10-8(11)7(12-9)5-6-13-3;1-9-3-2-4(7)5(6)8;1-3-4(2)5;;;/h7H,4-6H2,1-3H3,(H,10,11);4,7H,2-3H2,1H3,(H2,6,8);3H2,1-2H3;2*1H4;1H2. The first-order valence-electron chi connectivity index (χ1n) is 9.01. The number of aliphatic hydroxyl groups excluding tert-OH is 1. The molecule has 8 nitrogen and oxygen atoms in total. The lowest BCUT2D eigenvalue weighted by molar-refractivity contribution is -0.126. The van der Waals surface area contributed by atoms with Crippen molar-refractivity contribution >= 4 is 41.1 Å². The van der Waals surface area contributed by atoms with Crippen molar-refractivity contribution in [1.82, 2.24) is 5.32 Å². The van der Waals surface area contributed by atoms with Gasteiger partial charge < -0.3 is 31.2 Å². The smallest absolute Gasteiger partial charge is 0.251 e. The zero-order valence-corrected chi connectivity index (χ0v) is 19.5. The third kappa shape index (κ3) is 20.5.